The van der Waals surface area contributed by atoms with E-state index in [0.717, 1.165) is 6.42 Å². The molecule has 0 aliphatic rings. The zero-order chi connectivity index (χ0) is 10.3. The van der Waals surface area contributed by atoms with Crippen LogP contribution in [-0.2, 0) is 14.8 Å². The van der Waals surface area contributed by atoms with E-state index in [1.165, 1.54) is 0 Å². The predicted octanol–water partition coefficient (Wildman–Crippen LogP) is 0.741. The Kier molecular flexibility index (Phi) is 6.28. The summed E-state index contributed by atoms with van der Waals surface area (Å²) in [6.07, 6.45) is 1.52. The van der Waals surface area contributed by atoms with E-state index >= 15 is 0 Å². The molecular weight excluding hydrogens is 190 g/mol. The first-order valence-electron chi connectivity index (χ1n) is 4.52. The highest BCUT2D eigenvalue weighted by Crippen LogP contribution is 1.94. The number of methoxy groups -OCH3 is 1. The summed E-state index contributed by atoms with van der Waals surface area (Å²) in [5.41, 5.74) is 0. The molecule has 4 nitrogen and oxygen atoms in total. The van der Waals surface area contributed by atoms with Gasteiger partial charge in [0, 0.05) is 13.7 Å². The van der Waals surface area contributed by atoms with E-state index in [9.17, 15) is 8.42 Å². The molecule has 1 unspecified atom stereocenters. The van der Waals surface area contributed by atoms with E-state index in [-0.39, 0.29) is 11.9 Å². The van der Waals surface area contributed by atoms with Crippen molar-refractivity contribution in [2.24, 2.45) is 0 Å². The van der Waals surface area contributed by atoms with Crippen LogP contribution in [0.25, 0.3) is 0 Å². The summed E-state index contributed by atoms with van der Waals surface area (Å²) in [4.78, 5) is 0. The molecule has 0 aromatic rings. The molecule has 0 aromatic heterocycles. The van der Waals surface area contributed by atoms with E-state index in [0.29, 0.717) is 13.0 Å². The topological polar surface area (TPSA) is 55.4 Å². The van der Waals surface area contributed by atoms with Gasteiger partial charge in [0.05, 0.1) is 11.9 Å². The van der Waals surface area contributed by atoms with Gasteiger partial charge in [-0.3, -0.25) is 0 Å². The molecule has 13 heavy (non-hydrogen) atoms. The fraction of sp³-hybridized carbons (Fsp3) is 1.00. The van der Waals surface area contributed by atoms with Crippen molar-refractivity contribution in [3.8, 4) is 0 Å². The monoisotopic (exact) mass is 209 g/mol. The van der Waals surface area contributed by atoms with Crippen LogP contribution in [0.3, 0.4) is 0 Å². The zero-order valence-electron chi connectivity index (χ0n) is 8.54. The van der Waals surface area contributed by atoms with Crippen LogP contribution in [0.2, 0.25) is 0 Å². The lowest BCUT2D eigenvalue weighted by Crippen LogP contribution is -2.33. The largest absolute Gasteiger partial charge is 0.380 e. The normalized spacial score (nSPS) is 14.4. The Morgan fingerprint density at radius 1 is 1.46 bits per heavy atom. The van der Waals surface area contributed by atoms with Gasteiger partial charge in [0.15, 0.2) is 0 Å². The van der Waals surface area contributed by atoms with Crippen molar-refractivity contribution in [2.45, 2.75) is 32.8 Å². The molecule has 0 bridgehead atoms. The van der Waals surface area contributed by atoms with E-state index in [1.807, 2.05) is 13.8 Å². The second-order valence-corrected chi connectivity index (χ2v) is 4.99. The number of sulfonamides is 1. The highest BCUT2D eigenvalue weighted by molar-refractivity contribution is 7.89. The zero-order valence-corrected chi connectivity index (χ0v) is 9.36. The smallest absolute Gasteiger partial charge is 0.211 e. The third kappa shape index (κ3) is 6.98. The Balaban J connectivity index is 3.76. The molecule has 0 aromatic carbocycles. The Morgan fingerprint density at radius 2 is 2.08 bits per heavy atom. The number of hydrogen-bond donors (Lipinski definition) is 1. The maximum atomic E-state index is 11.2. The van der Waals surface area contributed by atoms with Gasteiger partial charge in [-0.1, -0.05) is 13.3 Å². The summed E-state index contributed by atoms with van der Waals surface area (Å²) in [6.45, 7) is 4.14. The van der Waals surface area contributed by atoms with Gasteiger partial charge in [0.25, 0.3) is 0 Å². The first kappa shape index (κ1) is 12.9. The number of ether oxygens (including phenoxy) is 1. The van der Waals surface area contributed by atoms with Crippen LogP contribution in [0, 0.1) is 0 Å². The lowest BCUT2D eigenvalue weighted by Gasteiger charge is -2.10. The van der Waals surface area contributed by atoms with Gasteiger partial charge in [-0.2, -0.15) is 0 Å². The molecule has 0 rings (SSSR count). The van der Waals surface area contributed by atoms with Crippen LogP contribution in [0.1, 0.15) is 26.7 Å². The number of hydrogen-bond acceptors (Lipinski definition) is 3. The minimum absolute atomic E-state index is 0.0728. The number of nitrogens with one attached hydrogen (secondary N) is 1. The molecule has 0 saturated heterocycles. The maximum Gasteiger partial charge on any atom is 0.211 e. The second kappa shape index (κ2) is 6.34. The predicted molar refractivity (Wildman–Crippen MR) is 53.2 cm³/mol. The molecule has 0 aliphatic heterocycles. The number of rotatable bonds is 7. The van der Waals surface area contributed by atoms with Crippen molar-refractivity contribution >= 4 is 10.0 Å². The Labute approximate surface area is 80.7 Å². The van der Waals surface area contributed by atoms with Crippen LogP contribution in [0.4, 0.5) is 0 Å². The molecule has 1 atom stereocenters. The SMILES string of the molecule is CCCCS(=O)(=O)NCC(C)OC. The van der Waals surface area contributed by atoms with Gasteiger partial charge in [-0.05, 0) is 13.3 Å². The van der Waals surface area contributed by atoms with Gasteiger partial charge in [0.2, 0.25) is 10.0 Å². The molecule has 0 heterocycles. The standard InChI is InChI=1S/C8H19NO3S/c1-4-5-6-13(10,11)9-7-8(2)12-3/h8-9H,4-7H2,1-3H3. The summed E-state index contributed by atoms with van der Waals surface area (Å²) in [7, 11) is -1.52. The fourth-order valence-corrected chi connectivity index (χ4v) is 2.04. The molecule has 0 saturated carbocycles. The molecular formula is C8H19NO3S. The van der Waals surface area contributed by atoms with E-state index < -0.39 is 10.0 Å². The van der Waals surface area contributed by atoms with Gasteiger partial charge < -0.3 is 4.74 Å². The van der Waals surface area contributed by atoms with Gasteiger partial charge in [-0.15, -0.1) is 0 Å². The maximum absolute atomic E-state index is 11.2. The van der Waals surface area contributed by atoms with Gasteiger partial charge in [0.1, 0.15) is 0 Å². The minimum Gasteiger partial charge on any atom is -0.380 e. The molecule has 1 N–H and O–H groups in total. The van der Waals surface area contributed by atoms with Crippen LogP contribution in [0.5, 0.6) is 0 Å². The summed E-state index contributed by atoms with van der Waals surface area (Å²) in [5.74, 6) is 0.208. The molecule has 0 fully saturated rings. The average Bonchev–Trinajstić information content (AvgIpc) is 2.11. The van der Waals surface area contributed by atoms with Crippen molar-refractivity contribution in [3.05, 3.63) is 0 Å². The van der Waals surface area contributed by atoms with Crippen LogP contribution in [0.15, 0.2) is 0 Å². The third-order valence-corrected chi connectivity index (χ3v) is 3.19. The summed E-state index contributed by atoms with van der Waals surface area (Å²) in [5, 5.41) is 0. The second-order valence-electron chi connectivity index (χ2n) is 3.07. The van der Waals surface area contributed by atoms with Crippen molar-refractivity contribution < 1.29 is 13.2 Å². The lowest BCUT2D eigenvalue weighted by molar-refractivity contribution is 0.122. The van der Waals surface area contributed by atoms with Crippen molar-refractivity contribution in [1.82, 2.24) is 4.72 Å². The quantitative estimate of drug-likeness (QED) is 0.673. The molecule has 80 valence electrons. The fourth-order valence-electron chi connectivity index (χ4n) is 0.734. The Hall–Kier alpha value is -0.130. The highest BCUT2D eigenvalue weighted by atomic mass is 32.2. The summed E-state index contributed by atoms with van der Waals surface area (Å²) >= 11 is 0. The van der Waals surface area contributed by atoms with Crippen molar-refractivity contribution in [3.63, 3.8) is 0 Å². The summed E-state index contributed by atoms with van der Waals surface area (Å²) < 4.78 is 29.9. The van der Waals surface area contributed by atoms with Crippen LogP contribution >= 0.6 is 0 Å². The highest BCUT2D eigenvalue weighted by Gasteiger charge is 2.10. The first-order chi connectivity index (χ1) is 6.02. The van der Waals surface area contributed by atoms with Crippen molar-refractivity contribution in [2.75, 3.05) is 19.4 Å². The van der Waals surface area contributed by atoms with Crippen LogP contribution < -0.4 is 4.72 Å². The van der Waals surface area contributed by atoms with E-state index in [4.69, 9.17) is 4.74 Å². The van der Waals surface area contributed by atoms with Crippen LogP contribution in [-0.4, -0.2) is 33.9 Å². The molecule has 0 amide bonds. The van der Waals surface area contributed by atoms with E-state index in [2.05, 4.69) is 4.72 Å². The molecule has 5 heteroatoms. The average molecular weight is 209 g/mol. The van der Waals surface area contributed by atoms with E-state index in [1.54, 1.807) is 7.11 Å². The minimum atomic E-state index is -3.08. The summed E-state index contributed by atoms with van der Waals surface area (Å²) in [6, 6.07) is 0. The molecule has 0 radical (unpaired) electrons. The van der Waals surface area contributed by atoms with Crippen molar-refractivity contribution in [1.29, 1.82) is 0 Å². The van der Waals surface area contributed by atoms with Gasteiger partial charge in [-0.25, -0.2) is 13.1 Å². The number of unbranched alkanes of at least 4 members (excludes halogenated alkanes) is 1. The molecule has 0 spiro atoms. The third-order valence-electron chi connectivity index (χ3n) is 1.76. The Bertz CT molecular complexity index is 213. The Morgan fingerprint density at radius 3 is 2.54 bits per heavy atom. The molecule has 0 aliphatic carbocycles. The first-order valence-corrected chi connectivity index (χ1v) is 6.17. The van der Waals surface area contributed by atoms with Gasteiger partial charge >= 0.3 is 0 Å². The lowest BCUT2D eigenvalue weighted by atomic mass is 10.4.